The number of rotatable bonds is 2. The molecule has 19 heavy (non-hydrogen) atoms. The number of benzene rings is 1. The van der Waals surface area contributed by atoms with Gasteiger partial charge in [-0.05, 0) is 25.0 Å². The van der Waals surface area contributed by atoms with Gasteiger partial charge in [-0.1, -0.05) is 26.0 Å². The molecule has 0 aromatic heterocycles. The van der Waals surface area contributed by atoms with Gasteiger partial charge in [0.25, 0.3) is 0 Å². The van der Waals surface area contributed by atoms with E-state index in [1.54, 1.807) is 6.07 Å². The minimum atomic E-state index is -0.153. The normalized spacial score (nSPS) is 21.0. The average molecular weight is 282 g/mol. The zero-order valence-corrected chi connectivity index (χ0v) is 12.8. The number of para-hydroxylation sites is 1. The minimum absolute atomic E-state index is 0.144. The van der Waals surface area contributed by atoms with Crippen LogP contribution in [0.25, 0.3) is 0 Å². The SMILES string of the molecule is C[C@@H](N)c1cccc(F)c1N1CCSC(C)(C)CC1. The Labute approximate surface area is 119 Å². The van der Waals surface area contributed by atoms with Crippen LogP contribution in [0.5, 0.6) is 0 Å². The maximum atomic E-state index is 14.2. The predicted molar refractivity (Wildman–Crippen MR) is 82.4 cm³/mol. The van der Waals surface area contributed by atoms with E-state index in [1.165, 1.54) is 6.07 Å². The van der Waals surface area contributed by atoms with E-state index in [4.69, 9.17) is 5.73 Å². The van der Waals surface area contributed by atoms with Crippen LogP contribution in [0.3, 0.4) is 0 Å². The lowest BCUT2D eigenvalue weighted by molar-refractivity contribution is 0.596. The molecule has 106 valence electrons. The van der Waals surface area contributed by atoms with E-state index in [1.807, 2.05) is 24.8 Å². The fourth-order valence-corrected chi connectivity index (χ4v) is 3.58. The number of hydrogen-bond donors (Lipinski definition) is 1. The highest BCUT2D eigenvalue weighted by Crippen LogP contribution is 2.35. The Morgan fingerprint density at radius 1 is 1.37 bits per heavy atom. The van der Waals surface area contributed by atoms with Gasteiger partial charge in [-0.15, -0.1) is 0 Å². The van der Waals surface area contributed by atoms with Crippen LogP contribution in [0.2, 0.25) is 0 Å². The molecule has 1 aliphatic heterocycles. The number of anilines is 1. The molecule has 4 heteroatoms. The topological polar surface area (TPSA) is 29.3 Å². The van der Waals surface area contributed by atoms with Crippen molar-refractivity contribution >= 4 is 17.4 Å². The van der Waals surface area contributed by atoms with Gasteiger partial charge in [-0.2, -0.15) is 11.8 Å². The molecule has 2 nitrogen and oxygen atoms in total. The van der Waals surface area contributed by atoms with Crippen LogP contribution in [-0.2, 0) is 0 Å². The molecule has 2 rings (SSSR count). The van der Waals surface area contributed by atoms with Gasteiger partial charge in [-0.3, -0.25) is 0 Å². The van der Waals surface area contributed by atoms with E-state index < -0.39 is 0 Å². The number of nitrogens with two attached hydrogens (primary N) is 1. The molecule has 1 fully saturated rings. The van der Waals surface area contributed by atoms with E-state index in [2.05, 4.69) is 18.7 Å². The summed E-state index contributed by atoms with van der Waals surface area (Å²) in [5.74, 6) is 0.874. The highest BCUT2D eigenvalue weighted by molar-refractivity contribution is 8.00. The molecule has 1 heterocycles. The number of thioether (sulfide) groups is 1. The largest absolute Gasteiger partial charge is 0.368 e. The zero-order chi connectivity index (χ0) is 14.0. The Hall–Kier alpha value is -0.740. The van der Waals surface area contributed by atoms with E-state index in [0.29, 0.717) is 5.69 Å². The van der Waals surface area contributed by atoms with Crippen LogP contribution < -0.4 is 10.6 Å². The first-order chi connectivity index (χ1) is 8.91. The summed E-state index contributed by atoms with van der Waals surface area (Å²) >= 11 is 1.96. The number of nitrogens with zero attached hydrogens (tertiary/aromatic N) is 1. The summed E-state index contributed by atoms with van der Waals surface area (Å²) in [5, 5.41) is 0. The van der Waals surface area contributed by atoms with Crippen molar-refractivity contribution in [2.45, 2.75) is 38.0 Å². The van der Waals surface area contributed by atoms with Crippen molar-refractivity contribution in [1.82, 2.24) is 0 Å². The Morgan fingerprint density at radius 3 is 2.79 bits per heavy atom. The van der Waals surface area contributed by atoms with Gasteiger partial charge in [-0.25, -0.2) is 4.39 Å². The second-order valence-corrected chi connectivity index (χ2v) is 7.61. The van der Waals surface area contributed by atoms with Crippen molar-refractivity contribution in [2.75, 3.05) is 23.7 Å². The third-order valence-electron chi connectivity index (χ3n) is 3.66. The summed E-state index contributed by atoms with van der Waals surface area (Å²) in [6.07, 6.45) is 1.06. The van der Waals surface area contributed by atoms with Gasteiger partial charge in [0, 0.05) is 29.6 Å². The Bertz CT molecular complexity index is 446. The Balaban J connectivity index is 2.31. The molecule has 1 saturated heterocycles. The summed E-state index contributed by atoms with van der Waals surface area (Å²) in [4.78, 5) is 2.16. The molecule has 2 N–H and O–H groups in total. The highest BCUT2D eigenvalue weighted by Gasteiger charge is 2.26. The molecule has 1 aliphatic rings. The molecule has 0 bridgehead atoms. The first-order valence-electron chi connectivity index (χ1n) is 6.83. The van der Waals surface area contributed by atoms with E-state index in [9.17, 15) is 4.39 Å². The maximum Gasteiger partial charge on any atom is 0.146 e. The zero-order valence-electron chi connectivity index (χ0n) is 11.9. The highest BCUT2D eigenvalue weighted by atomic mass is 32.2. The summed E-state index contributed by atoms with van der Waals surface area (Å²) in [5.41, 5.74) is 7.60. The summed E-state index contributed by atoms with van der Waals surface area (Å²) < 4.78 is 14.5. The molecule has 1 aromatic rings. The fourth-order valence-electron chi connectivity index (χ4n) is 2.48. The average Bonchev–Trinajstić information content (AvgIpc) is 2.50. The fraction of sp³-hybridized carbons (Fsp3) is 0.600. The molecule has 1 atom stereocenters. The Kier molecular flexibility index (Phi) is 4.41. The van der Waals surface area contributed by atoms with Crippen molar-refractivity contribution in [2.24, 2.45) is 5.73 Å². The third kappa shape index (κ3) is 3.42. The van der Waals surface area contributed by atoms with Crippen LogP contribution in [-0.4, -0.2) is 23.6 Å². The van der Waals surface area contributed by atoms with Gasteiger partial charge < -0.3 is 10.6 Å². The lowest BCUT2D eigenvalue weighted by Gasteiger charge is -2.27. The van der Waals surface area contributed by atoms with Crippen molar-refractivity contribution in [1.29, 1.82) is 0 Å². The van der Waals surface area contributed by atoms with Crippen LogP contribution in [0, 0.1) is 5.82 Å². The first kappa shape index (κ1) is 14.7. The quantitative estimate of drug-likeness (QED) is 0.899. The molecule has 0 radical (unpaired) electrons. The smallest absolute Gasteiger partial charge is 0.146 e. The number of hydrogen-bond acceptors (Lipinski definition) is 3. The van der Waals surface area contributed by atoms with Crippen LogP contribution in [0.15, 0.2) is 18.2 Å². The summed E-state index contributed by atoms with van der Waals surface area (Å²) in [6.45, 7) is 8.20. The summed E-state index contributed by atoms with van der Waals surface area (Å²) in [6, 6.07) is 5.07. The molecule has 1 aromatic carbocycles. The second-order valence-electron chi connectivity index (χ2n) is 5.81. The molecule has 0 saturated carbocycles. The summed E-state index contributed by atoms with van der Waals surface area (Å²) in [7, 11) is 0. The van der Waals surface area contributed by atoms with Crippen molar-refractivity contribution in [3.63, 3.8) is 0 Å². The standard InChI is InChI=1S/C15H23FN2S/c1-11(17)12-5-4-6-13(16)14(12)18-8-7-15(2,3)19-10-9-18/h4-6,11H,7-10,17H2,1-3H3/t11-/m1/s1. The van der Waals surface area contributed by atoms with Crippen molar-refractivity contribution in [3.05, 3.63) is 29.6 Å². The van der Waals surface area contributed by atoms with Gasteiger partial charge in [0.05, 0.1) is 5.69 Å². The lowest BCUT2D eigenvalue weighted by atomic mass is 10.0. The van der Waals surface area contributed by atoms with Crippen molar-refractivity contribution < 1.29 is 4.39 Å². The van der Waals surface area contributed by atoms with Crippen LogP contribution >= 0.6 is 11.8 Å². The van der Waals surface area contributed by atoms with Gasteiger partial charge in [0.2, 0.25) is 0 Å². The molecule has 0 spiro atoms. The molecule has 0 amide bonds. The monoisotopic (exact) mass is 282 g/mol. The Morgan fingerprint density at radius 2 is 2.11 bits per heavy atom. The van der Waals surface area contributed by atoms with E-state index in [-0.39, 0.29) is 16.6 Å². The van der Waals surface area contributed by atoms with Gasteiger partial charge in [0.15, 0.2) is 0 Å². The van der Waals surface area contributed by atoms with Crippen LogP contribution in [0.1, 0.15) is 38.8 Å². The molecule has 0 aliphatic carbocycles. The first-order valence-corrected chi connectivity index (χ1v) is 7.82. The van der Waals surface area contributed by atoms with Crippen LogP contribution in [0.4, 0.5) is 10.1 Å². The maximum absolute atomic E-state index is 14.2. The number of halogens is 1. The lowest BCUT2D eigenvalue weighted by Crippen LogP contribution is -2.29. The second kappa shape index (κ2) is 5.71. The van der Waals surface area contributed by atoms with Gasteiger partial charge in [0.1, 0.15) is 5.82 Å². The molecular formula is C15H23FN2S. The van der Waals surface area contributed by atoms with Crippen molar-refractivity contribution in [3.8, 4) is 0 Å². The third-order valence-corrected chi connectivity index (χ3v) is 5.03. The van der Waals surface area contributed by atoms with E-state index in [0.717, 1.165) is 30.8 Å². The van der Waals surface area contributed by atoms with Gasteiger partial charge >= 0.3 is 0 Å². The predicted octanol–water partition coefficient (Wildman–Crippen LogP) is 3.57. The molecule has 0 unspecified atom stereocenters. The van der Waals surface area contributed by atoms with E-state index >= 15 is 0 Å². The minimum Gasteiger partial charge on any atom is -0.368 e. The molecular weight excluding hydrogens is 259 g/mol.